The van der Waals surface area contributed by atoms with Gasteiger partial charge >= 0.3 is 0 Å². The Bertz CT molecular complexity index is 570. The Morgan fingerprint density at radius 1 is 1.27 bits per heavy atom. The molecular formula is C21H37NO3Si. The van der Waals surface area contributed by atoms with Crippen LogP contribution in [0.1, 0.15) is 40.2 Å². The molecule has 0 radical (unpaired) electrons. The third-order valence-electron chi connectivity index (χ3n) is 6.15. The van der Waals surface area contributed by atoms with Gasteiger partial charge in [-0.05, 0) is 29.6 Å². The minimum atomic E-state index is -1.92. The average Bonchev–Trinajstić information content (AvgIpc) is 2.92. The Morgan fingerprint density at radius 3 is 2.38 bits per heavy atom. The summed E-state index contributed by atoms with van der Waals surface area (Å²) in [5.74, 6) is 0.311. The molecule has 5 heteroatoms. The number of hydrogen-bond donors (Lipinski definition) is 1. The van der Waals surface area contributed by atoms with Crippen LogP contribution in [0.15, 0.2) is 30.3 Å². The molecule has 0 saturated carbocycles. The van der Waals surface area contributed by atoms with Gasteiger partial charge in [-0.3, -0.25) is 4.90 Å². The lowest BCUT2D eigenvalue weighted by molar-refractivity contribution is -0.0206. The molecule has 4 nitrogen and oxygen atoms in total. The van der Waals surface area contributed by atoms with Gasteiger partial charge in [-0.25, -0.2) is 0 Å². The van der Waals surface area contributed by atoms with Crippen molar-refractivity contribution in [3.8, 4) is 0 Å². The van der Waals surface area contributed by atoms with Gasteiger partial charge in [-0.2, -0.15) is 0 Å². The van der Waals surface area contributed by atoms with Gasteiger partial charge in [0, 0.05) is 6.54 Å². The van der Waals surface area contributed by atoms with Crippen molar-refractivity contribution in [3.63, 3.8) is 0 Å². The highest BCUT2D eigenvalue weighted by atomic mass is 28.4. The minimum Gasteiger partial charge on any atom is -0.415 e. The minimum absolute atomic E-state index is 0.0390. The van der Waals surface area contributed by atoms with E-state index in [-0.39, 0.29) is 17.7 Å². The third-order valence-corrected chi connectivity index (χ3v) is 10.6. The standard InChI is InChI=1S/C21H37NO3Si/c1-17(2)19-21(14-23,15-25-26(6,7)20(3,4)5)22(16-24-19)13-18-11-9-8-10-12-18/h8-12,17,19,23H,13-16H2,1-7H3/t19-,21+/m0/s1. The number of aliphatic hydroxyl groups is 1. The fraction of sp³-hybridized carbons (Fsp3) is 0.714. The first kappa shape index (κ1) is 21.6. The topological polar surface area (TPSA) is 41.9 Å². The summed E-state index contributed by atoms with van der Waals surface area (Å²) in [5.41, 5.74) is 0.727. The van der Waals surface area contributed by atoms with E-state index in [1.807, 2.05) is 6.07 Å². The molecule has 1 N–H and O–H groups in total. The zero-order valence-corrected chi connectivity index (χ0v) is 18.6. The summed E-state index contributed by atoms with van der Waals surface area (Å²) in [6.07, 6.45) is -0.0408. The molecule has 1 fully saturated rings. The number of benzene rings is 1. The molecule has 1 aliphatic rings. The van der Waals surface area contributed by atoms with Crippen molar-refractivity contribution >= 4 is 8.32 Å². The molecule has 2 rings (SSSR count). The lowest BCUT2D eigenvalue weighted by Crippen LogP contribution is -2.60. The highest BCUT2D eigenvalue weighted by molar-refractivity contribution is 6.74. The molecule has 0 aromatic heterocycles. The number of rotatable bonds is 7. The molecule has 1 aromatic carbocycles. The second-order valence-corrected chi connectivity index (χ2v) is 14.3. The molecule has 1 aliphatic heterocycles. The van der Waals surface area contributed by atoms with Gasteiger partial charge in [0.25, 0.3) is 0 Å². The Morgan fingerprint density at radius 2 is 1.88 bits per heavy atom. The quantitative estimate of drug-likeness (QED) is 0.719. The summed E-state index contributed by atoms with van der Waals surface area (Å²) in [6.45, 7) is 17.4. The van der Waals surface area contributed by atoms with Gasteiger partial charge in [0.15, 0.2) is 8.32 Å². The summed E-state index contributed by atoms with van der Waals surface area (Å²) in [5, 5.41) is 10.6. The van der Waals surface area contributed by atoms with Crippen LogP contribution in [0.3, 0.4) is 0 Å². The number of nitrogens with zero attached hydrogens (tertiary/aromatic N) is 1. The van der Waals surface area contributed by atoms with Crippen LogP contribution in [0, 0.1) is 5.92 Å². The van der Waals surface area contributed by atoms with E-state index in [0.717, 1.165) is 6.54 Å². The summed E-state index contributed by atoms with van der Waals surface area (Å²) in [4.78, 5) is 2.26. The Hall–Kier alpha value is -0.723. The molecule has 1 saturated heterocycles. The van der Waals surface area contributed by atoms with E-state index in [0.29, 0.717) is 19.3 Å². The molecule has 0 spiro atoms. The van der Waals surface area contributed by atoms with Crippen molar-refractivity contribution in [1.29, 1.82) is 0 Å². The van der Waals surface area contributed by atoms with Gasteiger partial charge in [0.1, 0.15) is 6.73 Å². The third kappa shape index (κ3) is 4.39. The van der Waals surface area contributed by atoms with Gasteiger partial charge in [-0.1, -0.05) is 65.0 Å². The van der Waals surface area contributed by atoms with Crippen LogP contribution in [0.25, 0.3) is 0 Å². The van der Waals surface area contributed by atoms with E-state index in [1.165, 1.54) is 5.56 Å². The van der Waals surface area contributed by atoms with E-state index < -0.39 is 13.9 Å². The van der Waals surface area contributed by atoms with E-state index in [1.54, 1.807) is 0 Å². The average molecular weight is 380 g/mol. The smallest absolute Gasteiger partial charge is 0.192 e. The normalized spacial score (nSPS) is 25.2. The first-order chi connectivity index (χ1) is 12.0. The predicted octanol–water partition coefficient (Wildman–Crippen LogP) is 4.25. The molecule has 0 aliphatic carbocycles. The SMILES string of the molecule is CC(C)[C@@H]1OCN(Cc2ccccc2)[C@]1(CO)CO[Si](C)(C)C(C)(C)C. The predicted molar refractivity (Wildman–Crippen MR) is 110 cm³/mol. The molecule has 0 unspecified atom stereocenters. The molecular weight excluding hydrogens is 342 g/mol. The van der Waals surface area contributed by atoms with Crippen molar-refractivity contribution in [3.05, 3.63) is 35.9 Å². The van der Waals surface area contributed by atoms with E-state index in [2.05, 4.69) is 76.9 Å². The van der Waals surface area contributed by atoms with Crippen molar-refractivity contribution in [2.24, 2.45) is 5.92 Å². The van der Waals surface area contributed by atoms with E-state index in [4.69, 9.17) is 9.16 Å². The maximum Gasteiger partial charge on any atom is 0.192 e. The summed E-state index contributed by atoms with van der Waals surface area (Å²) >= 11 is 0. The molecule has 1 heterocycles. The second kappa shape index (κ2) is 8.11. The lowest BCUT2D eigenvalue weighted by Gasteiger charge is -2.44. The van der Waals surface area contributed by atoms with Crippen molar-refractivity contribution < 1.29 is 14.3 Å². The summed E-state index contributed by atoms with van der Waals surface area (Å²) < 4.78 is 12.7. The van der Waals surface area contributed by atoms with Crippen LogP contribution < -0.4 is 0 Å². The Kier molecular flexibility index (Phi) is 6.73. The van der Waals surface area contributed by atoms with Gasteiger partial charge in [0.2, 0.25) is 0 Å². The lowest BCUT2D eigenvalue weighted by atomic mass is 9.86. The molecule has 0 amide bonds. The van der Waals surface area contributed by atoms with E-state index >= 15 is 0 Å². The van der Waals surface area contributed by atoms with Crippen LogP contribution in [0.5, 0.6) is 0 Å². The van der Waals surface area contributed by atoms with Crippen molar-refractivity contribution in [2.75, 3.05) is 19.9 Å². The fourth-order valence-electron chi connectivity index (χ4n) is 3.38. The van der Waals surface area contributed by atoms with Crippen LogP contribution in [-0.4, -0.2) is 49.9 Å². The van der Waals surface area contributed by atoms with Crippen LogP contribution in [0.4, 0.5) is 0 Å². The van der Waals surface area contributed by atoms with E-state index in [9.17, 15) is 5.11 Å². The van der Waals surface area contributed by atoms with Gasteiger partial charge in [-0.15, -0.1) is 0 Å². The Balaban J connectivity index is 2.27. The van der Waals surface area contributed by atoms with Crippen LogP contribution >= 0.6 is 0 Å². The zero-order valence-electron chi connectivity index (χ0n) is 17.6. The van der Waals surface area contributed by atoms with Gasteiger partial charge < -0.3 is 14.3 Å². The van der Waals surface area contributed by atoms with Crippen LogP contribution in [0.2, 0.25) is 18.1 Å². The maximum absolute atomic E-state index is 10.5. The molecule has 1 aromatic rings. The molecule has 0 bridgehead atoms. The number of aliphatic hydroxyl groups excluding tert-OH is 1. The summed E-state index contributed by atoms with van der Waals surface area (Å²) in [7, 11) is -1.92. The first-order valence-corrected chi connectivity index (χ1v) is 12.6. The molecule has 148 valence electrons. The molecule has 26 heavy (non-hydrogen) atoms. The Labute approximate surface area is 160 Å². The number of hydrogen-bond acceptors (Lipinski definition) is 4. The van der Waals surface area contributed by atoms with Crippen molar-refractivity contribution in [2.45, 2.75) is 70.9 Å². The highest BCUT2D eigenvalue weighted by Gasteiger charge is 2.52. The largest absolute Gasteiger partial charge is 0.415 e. The zero-order chi connectivity index (χ0) is 19.6. The van der Waals surface area contributed by atoms with Crippen molar-refractivity contribution in [1.82, 2.24) is 4.90 Å². The molecule has 2 atom stereocenters. The monoisotopic (exact) mass is 379 g/mol. The first-order valence-electron chi connectivity index (χ1n) is 9.69. The second-order valence-electron chi connectivity index (χ2n) is 9.45. The number of ether oxygens (including phenoxy) is 1. The fourth-order valence-corrected chi connectivity index (χ4v) is 4.43. The van der Waals surface area contributed by atoms with Crippen LogP contribution in [-0.2, 0) is 15.7 Å². The summed E-state index contributed by atoms with van der Waals surface area (Å²) in [6, 6.07) is 10.4. The van der Waals surface area contributed by atoms with Gasteiger partial charge in [0.05, 0.1) is 24.9 Å². The maximum atomic E-state index is 10.5. The highest BCUT2D eigenvalue weighted by Crippen LogP contribution is 2.40.